The summed E-state index contributed by atoms with van der Waals surface area (Å²) in [5.74, 6) is 0.874. The van der Waals surface area contributed by atoms with Crippen molar-refractivity contribution in [2.24, 2.45) is 28.5 Å². The van der Waals surface area contributed by atoms with Crippen molar-refractivity contribution in [1.29, 1.82) is 0 Å². The molecule has 2 aliphatic carbocycles. The standard InChI is InChI=1S/C27H37N7O3/c1-16(2)31-22(11-12-28)25(35)33-24(23(18-7-8-18)19-9-10-19)26(36)32-20-14-30-34(15-20)17(3)21-6-5-13-29-27(21)37-4/h5-6,11-19,23-24H,7-10,28H2,1-4H3,(H,32,36)(H,33,35). The van der Waals surface area contributed by atoms with Gasteiger partial charge in [0.25, 0.3) is 5.91 Å². The molecule has 10 nitrogen and oxygen atoms in total. The summed E-state index contributed by atoms with van der Waals surface area (Å²) in [4.78, 5) is 35.5. The Morgan fingerprint density at radius 3 is 2.51 bits per heavy atom. The molecule has 0 radical (unpaired) electrons. The molecule has 2 heterocycles. The first kappa shape index (κ1) is 26.4. The molecule has 37 heavy (non-hydrogen) atoms. The third-order valence-electron chi connectivity index (χ3n) is 6.88. The predicted molar refractivity (Wildman–Crippen MR) is 142 cm³/mol. The number of carbonyl (C=O) groups is 2. The molecule has 0 bridgehead atoms. The van der Waals surface area contributed by atoms with Crippen LogP contribution in [0.15, 0.2) is 48.0 Å². The molecule has 2 saturated carbocycles. The third kappa shape index (κ3) is 6.55. The van der Waals surface area contributed by atoms with Gasteiger partial charge in [-0.15, -0.1) is 0 Å². The van der Waals surface area contributed by atoms with E-state index in [9.17, 15) is 9.59 Å². The van der Waals surface area contributed by atoms with Gasteiger partial charge >= 0.3 is 0 Å². The number of aliphatic imine (C=N–C) groups is 1. The molecule has 198 valence electrons. The van der Waals surface area contributed by atoms with Gasteiger partial charge in [-0.1, -0.05) is 0 Å². The van der Waals surface area contributed by atoms with E-state index in [0.29, 0.717) is 23.4 Å². The fraction of sp³-hybridized carbons (Fsp3) is 0.519. The Kier molecular flexibility index (Phi) is 8.25. The number of hydrogen-bond acceptors (Lipinski definition) is 7. The molecule has 0 aliphatic heterocycles. The van der Waals surface area contributed by atoms with Crippen LogP contribution < -0.4 is 21.1 Å². The van der Waals surface area contributed by atoms with Crippen LogP contribution in [0, 0.1) is 17.8 Å². The number of amides is 2. The van der Waals surface area contributed by atoms with Crippen molar-refractivity contribution in [3.8, 4) is 5.88 Å². The molecule has 2 aromatic heterocycles. The summed E-state index contributed by atoms with van der Waals surface area (Å²) >= 11 is 0. The predicted octanol–water partition coefficient (Wildman–Crippen LogP) is 3.08. The van der Waals surface area contributed by atoms with Gasteiger partial charge in [-0.05, 0) is 88.6 Å². The molecular formula is C27H37N7O3. The zero-order chi connectivity index (χ0) is 26.5. The topological polar surface area (TPSA) is 137 Å². The van der Waals surface area contributed by atoms with Gasteiger partial charge in [0.1, 0.15) is 11.8 Å². The SMILES string of the molecule is COc1ncccc1C(C)n1cc(NC(=O)C(NC(=O)C(C=CN)=NC(C)C)C(C2CC2)C2CC2)cn1. The van der Waals surface area contributed by atoms with Gasteiger partial charge in [-0.25, -0.2) is 4.98 Å². The van der Waals surface area contributed by atoms with Crippen LogP contribution in [0.3, 0.4) is 0 Å². The monoisotopic (exact) mass is 507 g/mol. The number of ether oxygens (including phenoxy) is 1. The van der Waals surface area contributed by atoms with Gasteiger partial charge in [0.2, 0.25) is 11.8 Å². The quantitative estimate of drug-likeness (QED) is 0.378. The van der Waals surface area contributed by atoms with Crippen LogP contribution >= 0.6 is 0 Å². The highest BCUT2D eigenvalue weighted by molar-refractivity contribution is 6.43. The first-order chi connectivity index (χ1) is 17.8. The summed E-state index contributed by atoms with van der Waals surface area (Å²) in [5, 5.41) is 10.4. The normalized spacial score (nSPS) is 17.7. The van der Waals surface area contributed by atoms with Gasteiger partial charge in [0, 0.05) is 24.0 Å². The number of hydrogen-bond donors (Lipinski definition) is 3. The van der Waals surface area contributed by atoms with Crippen LogP contribution in [0.4, 0.5) is 5.69 Å². The van der Waals surface area contributed by atoms with E-state index in [1.165, 1.54) is 12.3 Å². The number of methoxy groups -OCH3 is 1. The number of pyridine rings is 1. The van der Waals surface area contributed by atoms with E-state index in [-0.39, 0.29) is 29.6 Å². The average molecular weight is 508 g/mol. The van der Waals surface area contributed by atoms with Gasteiger partial charge in [0.05, 0.1) is 25.0 Å². The lowest BCUT2D eigenvalue weighted by molar-refractivity contribution is -0.124. The molecule has 2 aliphatic rings. The van der Waals surface area contributed by atoms with E-state index in [0.717, 1.165) is 31.2 Å². The summed E-state index contributed by atoms with van der Waals surface area (Å²) < 4.78 is 7.14. The van der Waals surface area contributed by atoms with Gasteiger partial charge in [0.15, 0.2) is 0 Å². The zero-order valence-corrected chi connectivity index (χ0v) is 21.9. The molecule has 2 atom stereocenters. The first-order valence-electron chi connectivity index (χ1n) is 12.9. The van der Waals surface area contributed by atoms with Crippen molar-refractivity contribution in [1.82, 2.24) is 20.1 Å². The number of carbonyl (C=O) groups excluding carboxylic acids is 2. The molecule has 2 unspecified atom stereocenters. The van der Waals surface area contributed by atoms with Crippen LogP contribution in [0.5, 0.6) is 5.88 Å². The molecule has 4 rings (SSSR count). The van der Waals surface area contributed by atoms with E-state index in [4.69, 9.17) is 10.5 Å². The van der Waals surface area contributed by atoms with Crippen LogP contribution in [0.25, 0.3) is 0 Å². The van der Waals surface area contributed by atoms with E-state index in [1.807, 2.05) is 32.9 Å². The number of anilines is 1. The Labute approximate surface area is 217 Å². The number of aromatic nitrogens is 3. The second-order valence-electron chi connectivity index (χ2n) is 10.1. The summed E-state index contributed by atoms with van der Waals surface area (Å²) in [6.07, 6.45) is 12.2. The minimum atomic E-state index is -0.671. The van der Waals surface area contributed by atoms with Gasteiger partial charge < -0.3 is 21.1 Å². The van der Waals surface area contributed by atoms with Crippen LogP contribution in [0.1, 0.15) is 58.1 Å². The molecule has 10 heteroatoms. The Hall–Kier alpha value is -3.69. The Morgan fingerprint density at radius 2 is 1.92 bits per heavy atom. The average Bonchev–Trinajstić information content (AvgIpc) is 3.82. The maximum absolute atomic E-state index is 13.6. The maximum atomic E-state index is 13.6. The zero-order valence-electron chi connectivity index (χ0n) is 21.9. The highest BCUT2D eigenvalue weighted by Crippen LogP contribution is 2.50. The van der Waals surface area contributed by atoms with Crippen LogP contribution in [-0.4, -0.2) is 51.5 Å². The van der Waals surface area contributed by atoms with E-state index >= 15 is 0 Å². The molecular weight excluding hydrogens is 470 g/mol. The first-order valence-corrected chi connectivity index (χ1v) is 12.9. The molecule has 2 fully saturated rings. The fourth-order valence-electron chi connectivity index (χ4n) is 4.86. The highest BCUT2D eigenvalue weighted by Gasteiger charge is 2.48. The number of nitrogens with zero attached hydrogens (tertiary/aromatic N) is 4. The summed E-state index contributed by atoms with van der Waals surface area (Å²) in [6.45, 7) is 5.76. The van der Waals surface area contributed by atoms with Crippen molar-refractivity contribution < 1.29 is 14.3 Å². The minimum absolute atomic E-state index is 0.0850. The summed E-state index contributed by atoms with van der Waals surface area (Å²) in [5.41, 5.74) is 7.21. The summed E-state index contributed by atoms with van der Waals surface area (Å²) in [6, 6.07) is 2.87. The second-order valence-corrected chi connectivity index (χ2v) is 10.1. The molecule has 0 spiro atoms. The molecule has 2 aromatic rings. The number of rotatable bonds is 12. The molecule has 4 N–H and O–H groups in total. The highest BCUT2D eigenvalue weighted by atomic mass is 16.5. The molecule has 2 amide bonds. The third-order valence-corrected chi connectivity index (χ3v) is 6.88. The number of nitrogens with one attached hydrogen (secondary N) is 2. The Bertz CT molecular complexity index is 1150. The van der Waals surface area contributed by atoms with Crippen molar-refractivity contribution in [2.75, 3.05) is 12.4 Å². The Balaban J connectivity index is 1.53. The molecule has 0 saturated heterocycles. The van der Waals surface area contributed by atoms with Gasteiger partial charge in [-0.2, -0.15) is 5.10 Å². The smallest absolute Gasteiger partial charge is 0.270 e. The van der Waals surface area contributed by atoms with Crippen LogP contribution in [-0.2, 0) is 9.59 Å². The van der Waals surface area contributed by atoms with Crippen molar-refractivity contribution in [3.05, 3.63) is 48.6 Å². The Morgan fingerprint density at radius 1 is 1.22 bits per heavy atom. The van der Waals surface area contributed by atoms with E-state index in [2.05, 4.69) is 25.7 Å². The minimum Gasteiger partial charge on any atom is -0.481 e. The lowest BCUT2D eigenvalue weighted by atomic mass is 9.88. The number of nitrogens with two attached hydrogens (primary N) is 1. The maximum Gasteiger partial charge on any atom is 0.270 e. The van der Waals surface area contributed by atoms with Gasteiger partial charge in [-0.3, -0.25) is 19.3 Å². The van der Waals surface area contributed by atoms with E-state index in [1.54, 1.807) is 30.4 Å². The fourth-order valence-corrected chi connectivity index (χ4v) is 4.86. The molecule has 0 aromatic carbocycles. The van der Waals surface area contributed by atoms with Crippen molar-refractivity contribution in [3.63, 3.8) is 0 Å². The largest absolute Gasteiger partial charge is 0.481 e. The van der Waals surface area contributed by atoms with Crippen molar-refractivity contribution in [2.45, 2.75) is 64.6 Å². The van der Waals surface area contributed by atoms with Crippen molar-refractivity contribution >= 4 is 23.2 Å². The second kappa shape index (κ2) is 11.6. The lowest BCUT2D eigenvalue weighted by Gasteiger charge is -2.27. The van der Waals surface area contributed by atoms with Crippen LogP contribution in [0.2, 0.25) is 0 Å². The van der Waals surface area contributed by atoms with E-state index < -0.39 is 11.9 Å². The lowest BCUT2D eigenvalue weighted by Crippen LogP contribution is -2.51. The summed E-state index contributed by atoms with van der Waals surface area (Å²) in [7, 11) is 1.58.